The molecule has 0 unspecified atom stereocenters. The summed E-state index contributed by atoms with van der Waals surface area (Å²) < 4.78 is 20.5. The minimum atomic E-state index is -0.883. The molecule has 0 saturated heterocycles. The summed E-state index contributed by atoms with van der Waals surface area (Å²) in [5, 5.41) is 0. The lowest BCUT2D eigenvalue weighted by Gasteiger charge is -2.08. The zero-order chi connectivity index (χ0) is 23.9. The predicted octanol–water partition coefficient (Wildman–Crippen LogP) is 3.10. The molecule has 0 spiro atoms. The van der Waals surface area contributed by atoms with E-state index in [1.54, 1.807) is 24.3 Å². The molecule has 2 aromatic carbocycles. The van der Waals surface area contributed by atoms with Gasteiger partial charge in [0.25, 0.3) is 0 Å². The summed E-state index contributed by atoms with van der Waals surface area (Å²) >= 11 is 0. The topological polar surface area (TPSA) is 105 Å². The first-order chi connectivity index (χ1) is 15.9. The molecule has 174 valence electrons. The van der Waals surface area contributed by atoms with Crippen LogP contribution in [0.15, 0.2) is 72.8 Å². The fraction of sp³-hybridized carbons (Fsp3) is 0.280. The molecule has 0 aliphatic heterocycles. The third-order valence-corrected chi connectivity index (χ3v) is 4.19. The molecule has 2 rings (SSSR count). The van der Waals surface area contributed by atoms with E-state index in [4.69, 9.17) is 18.9 Å². The van der Waals surface area contributed by atoms with Gasteiger partial charge >= 0.3 is 11.9 Å². The largest absolute Gasteiger partial charge is 0.493 e. The molecule has 0 saturated carbocycles. The highest BCUT2D eigenvalue weighted by Crippen LogP contribution is 2.10. The van der Waals surface area contributed by atoms with Crippen molar-refractivity contribution in [2.24, 2.45) is 0 Å². The number of hydrogen-bond donors (Lipinski definition) is 0. The number of para-hydroxylation sites is 2. The fourth-order valence-electron chi connectivity index (χ4n) is 2.45. The second-order valence-electron chi connectivity index (χ2n) is 6.92. The molecule has 0 atom stereocenters. The van der Waals surface area contributed by atoms with Gasteiger partial charge in [0.2, 0.25) is 0 Å². The maximum atomic E-state index is 11.9. The summed E-state index contributed by atoms with van der Waals surface area (Å²) in [4.78, 5) is 47.3. The van der Waals surface area contributed by atoms with Gasteiger partial charge in [-0.05, 0) is 24.3 Å². The average molecular weight is 454 g/mol. The van der Waals surface area contributed by atoms with Gasteiger partial charge in [0.15, 0.2) is 11.6 Å². The van der Waals surface area contributed by atoms with Gasteiger partial charge in [-0.1, -0.05) is 43.0 Å². The monoisotopic (exact) mass is 454 g/mol. The Kier molecular flexibility index (Phi) is 10.9. The maximum absolute atomic E-state index is 11.9. The van der Waals surface area contributed by atoms with Crippen LogP contribution in [0.4, 0.5) is 0 Å². The number of rotatable bonds is 15. The van der Waals surface area contributed by atoms with Crippen molar-refractivity contribution in [3.8, 4) is 11.5 Å². The highest BCUT2D eigenvalue weighted by molar-refractivity contribution is 5.95. The molecule has 2 aromatic rings. The van der Waals surface area contributed by atoms with Crippen molar-refractivity contribution in [1.29, 1.82) is 0 Å². The summed E-state index contributed by atoms with van der Waals surface area (Å²) in [6.45, 7) is 2.89. The van der Waals surface area contributed by atoms with E-state index in [2.05, 4.69) is 6.58 Å². The molecule has 0 amide bonds. The summed E-state index contributed by atoms with van der Waals surface area (Å²) in [5.74, 6) is -1.06. The summed E-state index contributed by atoms with van der Waals surface area (Å²) in [5.41, 5.74) is -0.173. The Morgan fingerprint density at radius 1 is 0.667 bits per heavy atom. The fourth-order valence-corrected chi connectivity index (χ4v) is 2.45. The van der Waals surface area contributed by atoms with Gasteiger partial charge in [-0.3, -0.25) is 14.4 Å². The Morgan fingerprint density at radius 2 is 1.12 bits per heavy atom. The van der Waals surface area contributed by atoms with Crippen molar-refractivity contribution < 1.29 is 38.1 Å². The quantitative estimate of drug-likeness (QED) is 0.299. The molecule has 0 N–H and O–H groups in total. The average Bonchev–Trinajstić information content (AvgIpc) is 2.82. The lowest BCUT2D eigenvalue weighted by molar-refractivity contribution is -0.149. The highest BCUT2D eigenvalue weighted by Gasteiger charge is 2.17. The SMILES string of the molecule is C=C(CC(=O)OCC(=O)CCOc1ccccc1)C(=O)OCC(=O)CCOc1ccccc1. The lowest BCUT2D eigenvalue weighted by atomic mass is 10.2. The second kappa shape index (κ2) is 14.2. The van der Waals surface area contributed by atoms with Crippen LogP contribution in [-0.4, -0.2) is 49.9 Å². The number of esters is 2. The van der Waals surface area contributed by atoms with Gasteiger partial charge in [0.05, 0.1) is 19.6 Å². The minimum Gasteiger partial charge on any atom is -0.493 e. The van der Waals surface area contributed by atoms with E-state index in [9.17, 15) is 19.2 Å². The predicted molar refractivity (Wildman–Crippen MR) is 119 cm³/mol. The molecular weight excluding hydrogens is 428 g/mol. The van der Waals surface area contributed by atoms with Crippen LogP contribution >= 0.6 is 0 Å². The van der Waals surface area contributed by atoms with Crippen molar-refractivity contribution in [1.82, 2.24) is 0 Å². The van der Waals surface area contributed by atoms with Crippen LogP contribution in [0.2, 0.25) is 0 Å². The number of ketones is 2. The van der Waals surface area contributed by atoms with Crippen LogP contribution in [0, 0.1) is 0 Å². The minimum absolute atomic E-state index is 0.0623. The molecule has 0 aromatic heterocycles. The van der Waals surface area contributed by atoms with E-state index in [1.165, 1.54) is 0 Å². The van der Waals surface area contributed by atoms with Gasteiger partial charge in [0, 0.05) is 18.4 Å². The number of benzene rings is 2. The summed E-state index contributed by atoms with van der Waals surface area (Å²) in [7, 11) is 0. The normalized spacial score (nSPS) is 10.1. The Labute approximate surface area is 192 Å². The molecule has 8 nitrogen and oxygen atoms in total. The number of hydrogen-bond acceptors (Lipinski definition) is 8. The smallest absolute Gasteiger partial charge is 0.334 e. The highest BCUT2D eigenvalue weighted by atomic mass is 16.5. The maximum Gasteiger partial charge on any atom is 0.334 e. The molecule has 0 radical (unpaired) electrons. The van der Waals surface area contributed by atoms with E-state index in [0.29, 0.717) is 11.5 Å². The van der Waals surface area contributed by atoms with Gasteiger partial charge in [-0.2, -0.15) is 0 Å². The zero-order valence-corrected chi connectivity index (χ0v) is 18.2. The summed E-state index contributed by atoms with van der Waals surface area (Å²) in [6.07, 6.45) is -0.314. The number of ether oxygens (including phenoxy) is 4. The lowest BCUT2D eigenvalue weighted by Crippen LogP contribution is -2.20. The van der Waals surface area contributed by atoms with Crippen molar-refractivity contribution in [2.75, 3.05) is 26.4 Å². The van der Waals surface area contributed by atoms with E-state index in [-0.39, 0.29) is 43.2 Å². The van der Waals surface area contributed by atoms with E-state index in [1.807, 2.05) is 36.4 Å². The zero-order valence-electron chi connectivity index (χ0n) is 18.2. The summed E-state index contributed by atoms with van der Waals surface area (Å²) in [6, 6.07) is 18.0. The Hall–Kier alpha value is -3.94. The molecule has 0 bridgehead atoms. The van der Waals surface area contributed by atoms with Crippen LogP contribution in [-0.2, 0) is 28.7 Å². The van der Waals surface area contributed by atoms with Crippen LogP contribution in [0.3, 0.4) is 0 Å². The molecule has 0 aliphatic carbocycles. The standard InChI is InChI=1S/C25H26O8/c1-19(25(29)33-18-21(27)13-15-31-23-10-6-3-7-11-23)16-24(28)32-17-20(26)12-14-30-22-8-4-2-5-9-22/h2-11H,1,12-18H2. The van der Waals surface area contributed by atoms with Crippen molar-refractivity contribution in [3.05, 3.63) is 72.8 Å². The van der Waals surface area contributed by atoms with Crippen molar-refractivity contribution in [2.45, 2.75) is 19.3 Å². The number of carbonyl (C=O) groups excluding carboxylic acids is 4. The molecule has 0 aliphatic rings. The third kappa shape index (κ3) is 10.8. The first-order valence-electron chi connectivity index (χ1n) is 10.3. The number of carbonyl (C=O) groups is 4. The van der Waals surface area contributed by atoms with Gasteiger partial charge in [-0.25, -0.2) is 4.79 Å². The van der Waals surface area contributed by atoms with E-state index < -0.39 is 31.6 Å². The first-order valence-corrected chi connectivity index (χ1v) is 10.3. The van der Waals surface area contributed by atoms with Crippen LogP contribution in [0.5, 0.6) is 11.5 Å². The van der Waals surface area contributed by atoms with Gasteiger partial charge in [-0.15, -0.1) is 0 Å². The second-order valence-corrected chi connectivity index (χ2v) is 6.92. The first kappa shape index (κ1) is 25.3. The Bertz CT molecular complexity index is 937. The van der Waals surface area contributed by atoms with Crippen LogP contribution in [0.25, 0.3) is 0 Å². The van der Waals surface area contributed by atoms with Gasteiger partial charge in [0.1, 0.15) is 24.7 Å². The van der Waals surface area contributed by atoms with Crippen molar-refractivity contribution in [3.63, 3.8) is 0 Å². The van der Waals surface area contributed by atoms with E-state index in [0.717, 1.165) is 0 Å². The van der Waals surface area contributed by atoms with Crippen LogP contribution in [0.1, 0.15) is 19.3 Å². The van der Waals surface area contributed by atoms with Crippen molar-refractivity contribution >= 4 is 23.5 Å². The third-order valence-electron chi connectivity index (χ3n) is 4.19. The molecule has 8 heteroatoms. The van der Waals surface area contributed by atoms with Crippen LogP contribution < -0.4 is 9.47 Å². The van der Waals surface area contributed by atoms with E-state index >= 15 is 0 Å². The Balaban J connectivity index is 1.55. The Morgan fingerprint density at radius 3 is 1.61 bits per heavy atom. The molecule has 0 fully saturated rings. The molecule has 33 heavy (non-hydrogen) atoms. The molecule has 0 heterocycles. The number of Topliss-reactive ketones (excluding diaryl/α,β-unsaturated/α-hetero) is 2. The van der Waals surface area contributed by atoms with Gasteiger partial charge < -0.3 is 18.9 Å². The molecular formula is C25H26O8.